The summed E-state index contributed by atoms with van der Waals surface area (Å²) in [7, 11) is -1.47. The van der Waals surface area contributed by atoms with E-state index in [4.69, 9.17) is 16.3 Å². The Morgan fingerprint density at radius 2 is 1.74 bits per heavy atom. The summed E-state index contributed by atoms with van der Waals surface area (Å²) in [4.78, 5) is 36.9. The molecule has 0 radical (unpaired) electrons. The van der Waals surface area contributed by atoms with Crippen molar-refractivity contribution < 1.29 is 36.7 Å². The molecule has 1 N–H and O–H groups in total. The molecule has 1 saturated heterocycles. The van der Waals surface area contributed by atoms with Gasteiger partial charge in [0.05, 0.1) is 36.8 Å². The van der Waals surface area contributed by atoms with Crippen LogP contribution in [0.1, 0.15) is 39.1 Å². The summed E-state index contributed by atoms with van der Waals surface area (Å²) < 4.78 is 50.3. The quantitative estimate of drug-likeness (QED) is 0.550. The number of halogens is 2. The summed E-state index contributed by atoms with van der Waals surface area (Å²) in [6.45, 7) is 0.108. The molecule has 2 aromatic rings. The Kier molecular flexibility index (Phi) is 8.47. The van der Waals surface area contributed by atoms with Crippen LogP contribution in [0.25, 0.3) is 0 Å². The Hall–Kier alpha value is -3.02. The van der Waals surface area contributed by atoms with Crippen molar-refractivity contribution in [2.45, 2.75) is 18.6 Å². The number of carbonyl (C=O) groups excluding carboxylic acids is 3. The lowest BCUT2D eigenvalue weighted by molar-refractivity contribution is -0.120. The van der Waals surface area contributed by atoms with Crippen LogP contribution in [-0.4, -0.2) is 57.9 Å². The van der Waals surface area contributed by atoms with Crippen LogP contribution in [0.4, 0.5) is 10.1 Å². The summed E-state index contributed by atoms with van der Waals surface area (Å²) in [5.74, 6) is -3.63. The average Bonchev–Trinajstić information content (AvgIpc) is 2.85. The van der Waals surface area contributed by atoms with Gasteiger partial charge in [-0.05, 0) is 43.2 Å². The number of hydrogen-bond donors (Lipinski definition) is 1. The summed E-state index contributed by atoms with van der Waals surface area (Å²) >= 11 is 5.96. The van der Waals surface area contributed by atoms with Gasteiger partial charge in [0.15, 0.2) is 0 Å². The van der Waals surface area contributed by atoms with Gasteiger partial charge >= 0.3 is 11.9 Å². The molecule has 1 aliphatic rings. The number of amides is 1. The summed E-state index contributed by atoms with van der Waals surface area (Å²) in [6.07, 6.45) is 0.417. The van der Waals surface area contributed by atoms with Crippen molar-refractivity contribution in [2.24, 2.45) is 5.92 Å². The topological polar surface area (TPSA) is 119 Å². The number of nitrogens with zero attached hydrogens (tertiary/aromatic N) is 1. The Balaban J connectivity index is 1.69. The van der Waals surface area contributed by atoms with Crippen LogP contribution in [0.2, 0.25) is 5.02 Å². The van der Waals surface area contributed by atoms with Crippen LogP contribution >= 0.6 is 11.6 Å². The normalized spacial score (nSPS) is 14.9. The number of anilines is 1. The number of benzene rings is 2. The number of ether oxygens (including phenoxy) is 2. The first kappa shape index (κ1) is 26.6. The molecule has 12 heteroatoms. The SMILES string of the molecule is COC(=O)c1ccc(C(=O)OC)c(NC(=O)C2CCN(S(=O)(=O)Cc3c(F)cccc3Cl)CC2)c1. The Morgan fingerprint density at radius 3 is 2.34 bits per heavy atom. The fourth-order valence-electron chi connectivity index (χ4n) is 3.76. The second-order valence-electron chi connectivity index (χ2n) is 7.86. The Morgan fingerprint density at radius 1 is 1.09 bits per heavy atom. The predicted octanol–water partition coefficient (Wildman–Crippen LogP) is 3.23. The van der Waals surface area contributed by atoms with Crippen molar-refractivity contribution in [1.82, 2.24) is 4.31 Å². The van der Waals surface area contributed by atoms with Crippen LogP contribution in [0.3, 0.4) is 0 Å². The number of carbonyl (C=O) groups is 3. The van der Waals surface area contributed by atoms with Crippen molar-refractivity contribution in [3.63, 3.8) is 0 Å². The first-order chi connectivity index (χ1) is 16.6. The number of sulfonamides is 1. The molecule has 0 spiro atoms. The zero-order chi connectivity index (χ0) is 25.8. The summed E-state index contributed by atoms with van der Waals surface area (Å²) in [5, 5.41) is 2.67. The molecule has 0 aromatic heterocycles. The third-order valence-electron chi connectivity index (χ3n) is 5.71. The number of rotatable bonds is 7. The fourth-order valence-corrected chi connectivity index (χ4v) is 5.67. The molecule has 1 aliphatic heterocycles. The summed E-state index contributed by atoms with van der Waals surface area (Å²) in [5.41, 5.74) is 0.155. The molecule has 188 valence electrons. The molecule has 9 nitrogen and oxygen atoms in total. The maximum atomic E-state index is 14.1. The largest absolute Gasteiger partial charge is 0.465 e. The van der Waals surface area contributed by atoms with E-state index < -0.39 is 45.4 Å². The first-order valence-corrected chi connectivity index (χ1v) is 12.6. The van der Waals surface area contributed by atoms with Gasteiger partial charge in [0.1, 0.15) is 5.82 Å². The van der Waals surface area contributed by atoms with Gasteiger partial charge in [-0.1, -0.05) is 17.7 Å². The van der Waals surface area contributed by atoms with E-state index in [9.17, 15) is 27.2 Å². The van der Waals surface area contributed by atoms with Crippen LogP contribution in [-0.2, 0) is 30.0 Å². The van der Waals surface area contributed by atoms with Crippen molar-refractivity contribution in [3.05, 3.63) is 63.9 Å². The fraction of sp³-hybridized carbons (Fsp3) is 0.348. The van der Waals surface area contributed by atoms with E-state index in [1.165, 1.54) is 48.9 Å². The molecule has 2 aromatic carbocycles. The number of nitrogens with one attached hydrogen (secondary N) is 1. The highest BCUT2D eigenvalue weighted by Gasteiger charge is 2.32. The molecule has 1 fully saturated rings. The minimum absolute atomic E-state index is 0.0263. The molecular weight excluding hydrogens is 503 g/mol. The van der Waals surface area contributed by atoms with Crippen LogP contribution in [0, 0.1) is 11.7 Å². The van der Waals surface area contributed by atoms with Gasteiger partial charge < -0.3 is 14.8 Å². The van der Waals surface area contributed by atoms with E-state index in [1.807, 2.05) is 0 Å². The van der Waals surface area contributed by atoms with E-state index >= 15 is 0 Å². The number of hydrogen-bond acceptors (Lipinski definition) is 7. The molecule has 0 aliphatic carbocycles. The standard InChI is InChI=1S/C23H24ClFN2O7S/c1-33-22(29)15-6-7-16(23(30)34-2)20(12-15)26-21(28)14-8-10-27(11-9-14)35(31,32)13-17-18(24)4-3-5-19(17)25/h3-7,12,14H,8-11,13H2,1-2H3,(H,26,28). The molecule has 1 heterocycles. The molecule has 0 atom stereocenters. The van der Waals surface area contributed by atoms with Gasteiger partial charge in [0.25, 0.3) is 0 Å². The maximum Gasteiger partial charge on any atom is 0.339 e. The second-order valence-corrected chi connectivity index (χ2v) is 10.2. The van der Waals surface area contributed by atoms with E-state index in [0.29, 0.717) is 0 Å². The molecule has 0 bridgehead atoms. The lowest BCUT2D eigenvalue weighted by atomic mass is 9.97. The lowest BCUT2D eigenvalue weighted by Gasteiger charge is -2.30. The highest BCUT2D eigenvalue weighted by molar-refractivity contribution is 7.88. The van der Waals surface area contributed by atoms with Gasteiger partial charge in [-0.15, -0.1) is 0 Å². The third kappa shape index (κ3) is 6.16. The van der Waals surface area contributed by atoms with Gasteiger partial charge in [-0.25, -0.2) is 26.7 Å². The lowest BCUT2D eigenvalue weighted by Crippen LogP contribution is -2.42. The predicted molar refractivity (Wildman–Crippen MR) is 126 cm³/mol. The van der Waals surface area contributed by atoms with E-state index in [0.717, 1.165) is 6.07 Å². The monoisotopic (exact) mass is 526 g/mol. The summed E-state index contributed by atoms with van der Waals surface area (Å²) in [6, 6.07) is 7.99. The minimum Gasteiger partial charge on any atom is -0.465 e. The molecule has 35 heavy (non-hydrogen) atoms. The molecule has 3 rings (SSSR count). The second kappa shape index (κ2) is 11.1. The van der Waals surface area contributed by atoms with E-state index in [2.05, 4.69) is 10.1 Å². The Labute approximate surface area is 207 Å². The molecule has 0 saturated carbocycles. The average molecular weight is 527 g/mol. The van der Waals surface area contributed by atoms with E-state index in [-0.39, 0.29) is 53.3 Å². The van der Waals surface area contributed by atoms with Crippen LogP contribution in [0.5, 0.6) is 0 Å². The zero-order valence-electron chi connectivity index (χ0n) is 19.0. The highest BCUT2D eigenvalue weighted by Crippen LogP contribution is 2.27. The van der Waals surface area contributed by atoms with Gasteiger partial charge in [-0.2, -0.15) is 0 Å². The third-order valence-corrected chi connectivity index (χ3v) is 7.87. The van der Waals surface area contributed by atoms with Crippen molar-refractivity contribution in [3.8, 4) is 0 Å². The van der Waals surface area contributed by atoms with Crippen molar-refractivity contribution >= 4 is 45.2 Å². The number of methoxy groups -OCH3 is 2. The molecular formula is C23H24ClFN2O7S. The Bertz CT molecular complexity index is 1220. The maximum absolute atomic E-state index is 14.1. The van der Waals surface area contributed by atoms with Gasteiger partial charge in [0, 0.05) is 29.6 Å². The number of piperidine rings is 1. The first-order valence-electron chi connectivity index (χ1n) is 10.6. The smallest absolute Gasteiger partial charge is 0.339 e. The van der Waals surface area contributed by atoms with Crippen molar-refractivity contribution in [2.75, 3.05) is 32.6 Å². The molecule has 1 amide bonds. The minimum atomic E-state index is -3.86. The van der Waals surface area contributed by atoms with Gasteiger partial charge in [0.2, 0.25) is 15.9 Å². The van der Waals surface area contributed by atoms with Crippen LogP contribution in [0.15, 0.2) is 36.4 Å². The number of esters is 2. The van der Waals surface area contributed by atoms with E-state index in [1.54, 1.807) is 0 Å². The highest BCUT2D eigenvalue weighted by atomic mass is 35.5. The van der Waals surface area contributed by atoms with Gasteiger partial charge in [-0.3, -0.25) is 4.79 Å². The van der Waals surface area contributed by atoms with Crippen LogP contribution < -0.4 is 5.32 Å². The zero-order valence-corrected chi connectivity index (χ0v) is 20.6. The molecule has 0 unspecified atom stereocenters. The van der Waals surface area contributed by atoms with Crippen molar-refractivity contribution in [1.29, 1.82) is 0 Å².